The molecule has 1 unspecified atom stereocenters. The van der Waals surface area contributed by atoms with E-state index in [0.29, 0.717) is 6.04 Å². The highest BCUT2D eigenvalue weighted by Crippen LogP contribution is 2.35. The van der Waals surface area contributed by atoms with Crippen LogP contribution in [0.3, 0.4) is 0 Å². The molecule has 0 bridgehead atoms. The predicted molar refractivity (Wildman–Crippen MR) is 77.7 cm³/mol. The van der Waals surface area contributed by atoms with Gasteiger partial charge in [0.1, 0.15) is 0 Å². The Labute approximate surface area is 111 Å². The van der Waals surface area contributed by atoms with Crippen molar-refractivity contribution >= 4 is 5.69 Å². The van der Waals surface area contributed by atoms with E-state index in [1.807, 2.05) is 6.07 Å². The molecule has 18 heavy (non-hydrogen) atoms. The van der Waals surface area contributed by atoms with Crippen molar-refractivity contribution in [2.24, 2.45) is 0 Å². The summed E-state index contributed by atoms with van der Waals surface area (Å²) in [5.74, 6) is 0. The lowest BCUT2D eigenvalue weighted by molar-refractivity contribution is 0.230. The SMILES string of the molecule is CN(C)CCCN(C)C1CCc2cc(N)ccc21. The van der Waals surface area contributed by atoms with Crippen LogP contribution in [-0.2, 0) is 6.42 Å². The zero-order chi connectivity index (χ0) is 13.1. The summed E-state index contributed by atoms with van der Waals surface area (Å²) in [4.78, 5) is 4.74. The van der Waals surface area contributed by atoms with Gasteiger partial charge in [0.25, 0.3) is 0 Å². The van der Waals surface area contributed by atoms with Crippen LogP contribution in [0, 0.1) is 0 Å². The lowest BCUT2D eigenvalue weighted by atomic mass is 10.1. The van der Waals surface area contributed by atoms with Crippen LogP contribution >= 0.6 is 0 Å². The van der Waals surface area contributed by atoms with Crippen LogP contribution in [0.15, 0.2) is 18.2 Å². The Balaban J connectivity index is 1.95. The molecule has 0 spiro atoms. The Morgan fingerprint density at radius 1 is 1.22 bits per heavy atom. The number of nitrogens with two attached hydrogens (primary N) is 1. The van der Waals surface area contributed by atoms with Crippen molar-refractivity contribution in [3.63, 3.8) is 0 Å². The average molecular weight is 247 g/mol. The van der Waals surface area contributed by atoms with Crippen LogP contribution in [-0.4, -0.2) is 44.0 Å². The molecular weight excluding hydrogens is 222 g/mol. The molecule has 0 amide bonds. The maximum atomic E-state index is 5.85. The third kappa shape index (κ3) is 3.03. The molecule has 1 aromatic rings. The van der Waals surface area contributed by atoms with Gasteiger partial charge in [-0.1, -0.05) is 6.07 Å². The van der Waals surface area contributed by atoms with E-state index < -0.39 is 0 Å². The van der Waals surface area contributed by atoms with E-state index in [0.717, 1.165) is 18.8 Å². The molecule has 2 rings (SSSR count). The quantitative estimate of drug-likeness (QED) is 0.809. The minimum atomic E-state index is 0.586. The number of nitrogens with zero attached hydrogens (tertiary/aromatic N) is 2. The van der Waals surface area contributed by atoms with Crippen LogP contribution < -0.4 is 5.73 Å². The lowest BCUT2D eigenvalue weighted by Crippen LogP contribution is -2.26. The number of rotatable bonds is 5. The van der Waals surface area contributed by atoms with Gasteiger partial charge in [0, 0.05) is 11.7 Å². The van der Waals surface area contributed by atoms with Crippen molar-refractivity contribution in [1.29, 1.82) is 0 Å². The molecule has 1 atom stereocenters. The first-order chi connectivity index (χ1) is 8.58. The number of benzene rings is 1. The zero-order valence-electron chi connectivity index (χ0n) is 11.8. The molecule has 0 saturated carbocycles. The van der Waals surface area contributed by atoms with E-state index in [4.69, 9.17) is 5.73 Å². The summed E-state index contributed by atoms with van der Waals surface area (Å²) in [7, 11) is 6.51. The summed E-state index contributed by atoms with van der Waals surface area (Å²) < 4.78 is 0. The van der Waals surface area contributed by atoms with E-state index in [1.54, 1.807) is 0 Å². The van der Waals surface area contributed by atoms with Gasteiger partial charge < -0.3 is 10.6 Å². The summed E-state index contributed by atoms with van der Waals surface area (Å²) in [6, 6.07) is 6.97. The molecule has 0 radical (unpaired) electrons. The fourth-order valence-electron chi connectivity index (χ4n) is 2.86. The third-order valence-corrected chi connectivity index (χ3v) is 3.86. The average Bonchev–Trinajstić information content (AvgIpc) is 2.71. The van der Waals surface area contributed by atoms with Crippen molar-refractivity contribution in [2.75, 3.05) is 40.0 Å². The number of anilines is 1. The van der Waals surface area contributed by atoms with E-state index in [1.165, 1.54) is 30.4 Å². The molecule has 0 saturated heterocycles. The molecule has 3 heteroatoms. The van der Waals surface area contributed by atoms with Crippen LogP contribution in [0.25, 0.3) is 0 Å². The van der Waals surface area contributed by atoms with Gasteiger partial charge in [0.2, 0.25) is 0 Å². The van der Waals surface area contributed by atoms with Gasteiger partial charge >= 0.3 is 0 Å². The number of nitrogen functional groups attached to an aromatic ring is 1. The van der Waals surface area contributed by atoms with Gasteiger partial charge in [-0.2, -0.15) is 0 Å². The van der Waals surface area contributed by atoms with Crippen LogP contribution in [0.5, 0.6) is 0 Å². The number of fused-ring (bicyclic) bond motifs is 1. The monoisotopic (exact) mass is 247 g/mol. The molecule has 0 aromatic heterocycles. The summed E-state index contributed by atoms with van der Waals surface area (Å²) in [5, 5.41) is 0. The second kappa shape index (κ2) is 5.72. The molecule has 100 valence electrons. The summed E-state index contributed by atoms with van der Waals surface area (Å²) in [5.41, 5.74) is 9.67. The highest BCUT2D eigenvalue weighted by Gasteiger charge is 2.25. The van der Waals surface area contributed by atoms with Crippen molar-refractivity contribution in [1.82, 2.24) is 9.80 Å². The van der Waals surface area contributed by atoms with Crippen LogP contribution in [0.2, 0.25) is 0 Å². The minimum absolute atomic E-state index is 0.586. The molecule has 0 heterocycles. The summed E-state index contributed by atoms with van der Waals surface area (Å²) in [6.45, 7) is 2.32. The minimum Gasteiger partial charge on any atom is -0.399 e. The van der Waals surface area contributed by atoms with Gasteiger partial charge in [-0.05, 0) is 76.8 Å². The van der Waals surface area contributed by atoms with Gasteiger partial charge in [0.15, 0.2) is 0 Å². The standard InChI is InChI=1S/C15H25N3/c1-17(2)9-4-10-18(3)15-8-5-12-11-13(16)6-7-14(12)15/h6-7,11,15H,4-5,8-10,16H2,1-3H3. The summed E-state index contributed by atoms with van der Waals surface area (Å²) in [6.07, 6.45) is 3.63. The van der Waals surface area contributed by atoms with E-state index >= 15 is 0 Å². The van der Waals surface area contributed by atoms with Crippen molar-refractivity contribution < 1.29 is 0 Å². The number of hydrogen-bond donors (Lipinski definition) is 1. The van der Waals surface area contributed by atoms with E-state index in [2.05, 4.69) is 43.1 Å². The second-order valence-electron chi connectivity index (χ2n) is 5.65. The molecule has 1 aromatic carbocycles. The highest BCUT2D eigenvalue weighted by atomic mass is 15.1. The Hall–Kier alpha value is -1.06. The van der Waals surface area contributed by atoms with Gasteiger partial charge in [0.05, 0.1) is 0 Å². The molecule has 0 fully saturated rings. The molecule has 1 aliphatic carbocycles. The first-order valence-corrected chi connectivity index (χ1v) is 6.81. The Morgan fingerprint density at radius 2 is 2.00 bits per heavy atom. The topological polar surface area (TPSA) is 32.5 Å². The molecule has 2 N–H and O–H groups in total. The number of aryl methyl sites for hydroxylation is 1. The normalized spacial score (nSPS) is 18.6. The predicted octanol–water partition coefficient (Wildman–Crippen LogP) is 2.14. The van der Waals surface area contributed by atoms with Crippen LogP contribution in [0.4, 0.5) is 5.69 Å². The smallest absolute Gasteiger partial charge is 0.0351 e. The van der Waals surface area contributed by atoms with Crippen LogP contribution in [0.1, 0.15) is 30.0 Å². The molecule has 1 aliphatic rings. The van der Waals surface area contributed by atoms with Crippen molar-refractivity contribution in [2.45, 2.75) is 25.3 Å². The van der Waals surface area contributed by atoms with E-state index in [9.17, 15) is 0 Å². The molecule has 3 nitrogen and oxygen atoms in total. The van der Waals surface area contributed by atoms with Gasteiger partial charge in [-0.3, -0.25) is 4.90 Å². The highest BCUT2D eigenvalue weighted by molar-refractivity contribution is 5.47. The number of hydrogen-bond acceptors (Lipinski definition) is 3. The maximum absolute atomic E-state index is 5.85. The Bertz CT molecular complexity index is 401. The first-order valence-electron chi connectivity index (χ1n) is 6.81. The second-order valence-corrected chi connectivity index (χ2v) is 5.65. The van der Waals surface area contributed by atoms with Crippen molar-refractivity contribution in [3.05, 3.63) is 29.3 Å². The van der Waals surface area contributed by atoms with Gasteiger partial charge in [-0.15, -0.1) is 0 Å². The maximum Gasteiger partial charge on any atom is 0.0351 e. The van der Waals surface area contributed by atoms with E-state index in [-0.39, 0.29) is 0 Å². The third-order valence-electron chi connectivity index (χ3n) is 3.86. The summed E-state index contributed by atoms with van der Waals surface area (Å²) >= 11 is 0. The largest absolute Gasteiger partial charge is 0.399 e. The zero-order valence-corrected chi connectivity index (χ0v) is 11.8. The fraction of sp³-hybridized carbons (Fsp3) is 0.600. The molecule has 0 aliphatic heterocycles. The van der Waals surface area contributed by atoms with Crippen molar-refractivity contribution in [3.8, 4) is 0 Å². The lowest BCUT2D eigenvalue weighted by Gasteiger charge is -2.25. The Morgan fingerprint density at radius 3 is 2.72 bits per heavy atom. The van der Waals surface area contributed by atoms with Gasteiger partial charge in [-0.25, -0.2) is 0 Å². The Kier molecular flexibility index (Phi) is 4.25. The fourth-order valence-corrected chi connectivity index (χ4v) is 2.86. The molecular formula is C15H25N3. The first kappa shape index (κ1) is 13.4.